The van der Waals surface area contributed by atoms with Crippen molar-refractivity contribution in [1.82, 2.24) is 20.0 Å². The lowest BCUT2D eigenvalue weighted by atomic mass is 10.4. The lowest BCUT2D eigenvalue weighted by Gasteiger charge is -2.17. The smallest absolute Gasteiger partial charge is 0.175 e. The third-order valence-corrected chi connectivity index (χ3v) is 2.76. The maximum absolute atomic E-state index is 5.32. The number of ether oxygens (including phenoxy) is 1. The molecule has 0 saturated heterocycles. The summed E-state index contributed by atoms with van der Waals surface area (Å²) in [6, 6.07) is 5.78. The van der Waals surface area contributed by atoms with E-state index in [-0.39, 0.29) is 0 Å². The van der Waals surface area contributed by atoms with E-state index in [1.807, 2.05) is 50.2 Å². The zero-order chi connectivity index (χ0) is 13.7. The Kier molecular flexibility index (Phi) is 4.46. The average Bonchev–Trinajstić information content (AvgIpc) is 2.86. The fraction of sp³-hybridized carbons (Fsp3) is 0.462. The third-order valence-electron chi connectivity index (χ3n) is 2.76. The molecule has 19 heavy (non-hydrogen) atoms. The molecule has 0 N–H and O–H groups in total. The van der Waals surface area contributed by atoms with Gasteiger partial charge in [-0.15, -0.1) is 10.2 Å². The molecule has 2 rings (SSSR count). The Hall–Kier alpha value is -1.95. The highest BCUT2D eigenvalue weighted by molar-refractivity contribution is 5.38. The first-order valence-electron chi connectivity index (χ1n) is 6.36. The van der Waals surface area contributed by atoms with Gasteiger partial charge in [0, 0.05) is 26.4 Å². The Labute approximate surface area is 113 Å². The standard InChI is InChI=1S/C13H19N5O/c1-4-19-10-9-17(3)12-5-6-13(15-14-12)18-8-7-11(2)16-18/h5-8H,4,9-10H2,1-3H3. The maximum Gasteiger partial charge on any atom is 0.175 e. The SMILES string of the molecule is CCOCCN(C)c1ccc(-n2ccc(C)n2)nn1. The van der Waals surface area contributed by atoms with Gasteiger partial charge < -0.3 is 9.64 Å². The van der Waals surface area contributed by atoms with E-state index in [0.717, 1.165) is 30.5 Å². The predicted molar refractivity (Wildman–Crippen MR) is 73.7 cm³/mol. The van der Waals surface area contributed by atoms with Crippen LogP contribution in [0.1, 0.15) is 12.6 Å². The molecule has 0 aliphatic rings. The summed E-state index contributed by atoms with van der Waals surface area (Å²) in [4.78, 5) is 2.01. The first kappa shape index (κ1) is 13.5. The van der Waals surface area contributed by atoms with E-state index in [0.29, 0.717) is 6.61 Å². The van der Waals surface area contributed by atoms with Gasteiger partial charge in [0.05, 0.1) is 12.3 Å². The Balaban J connectivity index is 2.01. The Morgan fingerprint density at radius 1 is 1.26 bits per heavy atom. The van der Waals surface area contributed by atoms with E-state index < -0.39 is 0 Å². The average molecular weight is 261 g/mol. The molecule has 0 unspecified atom stereocenters. The van der Waals surface area contributed by atoms with Gasteiger partial charge in [-0.1, -0.05) is 0 Å². The fourth-order valence-electron chi connectivity index (χ4n) is 1.65. The topological polar surface area (TPSA) is 56.1 Å². The van der Waals surface area contributed by atoms with E-state index >= 15 is 0 Å². The Bertz CT molecular complexity index is 508. The van der Waals surface area contributed by atoms with Crippen LogP contribution < -0.4 is 4.90 Å². The zero-order valence-electron chi connectivity index (χ0n) is 11.6. The number of rotatable bonds is 6. The fourth-order valence-corrected chi connectivity index (χ4v) is 1.65. The lowest BCUT2D eigenvalue weighted by Crippen LogP contribution is -2.23. The van der Waals surface area contributed by atoms with Gasteiger partial charge in [0.25, 0.3) is 0 Å². The second-order valence-electron chi connectivity index (χ2n) is 4.27. The molecule has 0 radical (unpaired) electrons. The molecule has 0 aliphatic heterocycles. The summed E-state index contributed by atoms with van der Waals surface area (Å²) in [7, 11) is 1.97. The monoisotopic (exact) mass is 261 g/mol. The van der Waals surface area contributed by atoms with Crippen molar-refractivity contribution in [3.05, 3.63) is 30.1 Å². The second kappa shape index (κ2) is 6.29. The molecule has 0 spiro atoms. The molecule has 0 atom stereocenters. The number of nitrogens with zero attached hydrogens (tertiary/aromatic N) is 5. The highest BCUT2D eigenvalue weighted by Crippen LogP contribution is 2.09. The third kappa shape index (κ3) is 3.51. The van der Waals surface area contributed by atoms with Crippen molar-refractivity contribution in [3.8, 4) is 5.82 Å². The van der Waals surface area contributed by atoms with Crippen LogP contribution in [-0.2, 0) is 4.74 Å². The zero-order valence-corrected chi connectivity index (χ0v) is 11.6. The van der Waals surface area contributed by atoms with Gasteiger partial charge in [0.2, 0.25) is 0 Å². The molecule has 2 aromatic rings. The van der Waals surface area contributed by atoms with Crippen molar-refractivity contribution in [3.63, 3.8) is 0 Å². The number of hydrogen-bond donors (Lipinski definition) is 0. The minimum Gasteiger partial charge on any atom is -0.380 e. The molecule has 6 nitrogen and oxygen atoms in total. The van der Waals surface area contributed by atoms with Crippen molar-refractivity contribution >= 4 is 5.82 Å². The van der Waals surface area contributed by atoms with Crippen molar-refractivity contribution in [1.29, 1.82) is 0 Å². The summed E-state index contributed by atoms with van der Waals surface area (Å²) in [6.45, 7) is 6.15. The van der Waals surface area contributed by atoms with Crippen molar-refractivity contribution in [2.45, 2.75) is 13.8 Å². The van der Waals surface area contributed by atoms with Crippen LogP contribution in [0.4, 0.5) is 5.82 Å². The van der Waals surface area contributed by atoms with Crippen LogP contribution >= 0.6 is 0 Å². The number of aryl methyl sites for hydroxylation is 1. The molecule has 0 aromatic carbocycles. The molecule has 0 saturated carbocycles. The minimum atomic E-state index is 0.689. The molecule has 2 aromatic heterocycles. The van der Waals surface area contributed by atoms with Gasteiger partial charge in [-0.25, -0.2) is 4.68 Å². The molecule has 6 heteroatoms. The molecular weight excluding hydrogens is 242 g/mol. The van der Waals surface area contributed by atoms with Crippen LogP contribution in [-0.4, -0.2) is 46.8 Å². The molecule has 2 heterocycles. The van der Waals surface area contributed by atoms with Crippen LogP contribution in [0.15, 0.2) is 24.4 Å². The summed E-state index contributed by atoms with van der Waals surface area (Å²) in [5.41, 5.74) is 0.958. The Morgan fingerprint density at radius 2 is 2.11 bits per heavy atom. The van der Waals surface area contributed by atoms with Gasteiger partial charge in [-0.2, -0.15) is 5.10 Å². The normalized spacial score (nSPS) is 10.7. The summed E-state index contributed by atoms with van der Waals surface area (Å²) in [5, 5.41) is 12.7. The quantitative estimate of drug-likeness (QED) is 0.737. The van der Waals surface area contributed by atoms with Gasteiger partial charge >= 0.3 is 0 Å². The highest BCUT2D eigenvalue weighted by Gasteiger charge is 2.05. The van der Waals surface area contributed by atoms with Crippen LogP contribution in [0.2, 0.25) is 0 Å². The summed E-state index contributed by atoms with van der Waals surface area (Å²) in [6.07, 6.45) is 1.87. The number of hydrogen-bond acceptors (Lipinski definition) is 5. The van der Waals surface area contributed by atoms with Gasteiger partial charge in [0.1, 0.15) is 0 Å². The Morgan fingerprint density at radius 3 is 2.68 bits per heavy atom. The number of likely N-dealkylation sites (N-methyl/N-ethyl adjacent to an activating group) is 1. The molecule has 0 aliphatic carbocycles. The van der Waals surface area contributed by atoms with Crippen LogP contribution in [0.5, 0.6) is 0 Å². The predicted octanol–water partition coefficient (Wildman–Crippen LogP) is 1.44. The lowest BCUT2D eigenvalue weighted by molar-refractivity contribution is 0.154. The molecular formula is C13H19N5O. The van der Waals surface area contributed by atoms with Gasteiger partial charge in [-0.3, -0.25) is 0 Å². The number of aromatic nitrogens is 4. The van der Waals surface area contributed by atoms with Gasteiger partial charge in [0.15, 0.2) is 11.6 Å². The first-order chi connectivity index (χ1) is 9.20. The van der Waals surface area contributed by atoms with E-state index in [2.05, 4.69) is 15.3 Å². The van der Waals surface area contributed by atoms with Gasteiger partial charge in [-0.05, 0) is 32.0 Å². The van der Waals surface area contributed by atoms with E-state index in [1.165, 1.54) is 0 Å². The van der Waals surface area contributed by atoms with E-state index in [4.69, 9.17) is 4.74 Å². The van der Waals surface area contributed by atoms with Crippen molar-refractivity contribution < 1.29 is 4.74 Å². The van der Waals surface area contributed by atoms with E-state index in [1.54, 1.807) is 4.68 Å². The van der Waals surface area contributed by atoms with Crippen molar-refractivity contribution in [2.75, 3.05) is 31.7 Å². The highest BCUT2D eigenvalue weighted by atomic mass is 16.5. The number of anilines is 1. The molecule has 102 valence electrons. The van der Waals surface area contributed by atoms with Crippen LogP contribution in [0.3, 0.4) is 0 Å². The summed E-state index contributed by atoms with van der Waals surface area (Å²) < 4.78 is 7.03. The molecule has 0 fully saturated rings. The largest absolute Gasteiger partial charge is 0.380 e. The first-order valence-corrected chi connectivity index (χ1v) is 6.36. The molecule has 0 bridgehead atoms. The maximum atomic E-state index is 5.32. The summed E-state index contributed by atoms with van der Waals surface area (Å²) >= 11 is 0. The molecule has 0 amide bonds. The minimum absolute atomic E-state index is 0.689. The summed E-state index contributed by atoms with van der Waals surface area (Å²) in [5.74, 6) is 1.54. The van der Waals surface area contributed by atoms with Crippen molar-refractivity contribution in [2.24, 2.45) is 0 Å². The second-order valence-corrected chi connectivity index (χ2v) is 4.27. The van der Waals surface area contributed by atoms with Crippen LogP contribution in [0, 0.1) is 6.92 Å². The van der Waals surface area contributed by atoms with Crippen LogP contribution in [0.25, 0.3) is 5.82 Å². The van der Waals surface area contributed by atoms with E-state index in [9.17, 15) is 0 Å².